The molecule has 0 saturated heterocycles. The Kier molecular flexibility index (Phi) is 4.97. The third kappa shape index (κ3) is 3.98. The molecule has 0 saturated carbocycles. The Morgan fingerprint density at radius 3 is 2.57 bits per heavy atom. The second-order valence-corrected chi connectivity index (χ2v) is 5.96. The van der Waals surface area contributed by atoms with Gasteiger partial charge in [-0.25, -0.2) is 4.79 Å². The minimum Gasteiger partial charge on any atom is -0.497 e. The van der Waals surface area contributed by atoms with Crippen LogP contribution in [0.15, 0.2) is 69.6 Å². The van der Waals surface area contributed by atoms with E-state index in [-0.39, 0.29) is 13.2 Å². The van der Waals surface area contributed by atoms with Crippen LogP contribution in [0.1, 0.15) is 5.69 Å². The van der Waals surface area contributed by atoms with Crippen molar-refractivity contribution in [3.63, 3.8) is 0 Å². The van der Waals surface area contributed by atoms with Gasteiger partial charge in [0.25, 0.3) is 0 Å². The molecule has 0 spiro atoms. The number of ether oxygens (including phenoxy) is 3. The van der Waals surface area contributed by atoms with Crippen molar-refractivity contribution in [1.82, 2.24) is 5.16 Å². The summed E-state index contributed by atoms with van der Waals surface area (Å²) in [6.07, 6.45) is 0. The van der Waals surface area contributed by atoms with Crippen molar-refractivity contribution >= 4 is 16.9 Å². The monoisotopic (exact) mass is 379 g/mol. The van der Waals surface area contributed by atoms with E-state index < -0.39 is 5.97 Å². The standard InChI is InChI=1S/C21H17NO6/c1-24-16-6-8-17(9-7-16)25-13-21(23)26-12-15-11-20(28-22-15)19-10-14-4-2-3-5-18(14)27-19/h2-11H,12-13H2,1H3. The van der Waals surface area contributed by atoms with Gasteiger partial charge in [0, 0.05) is 11.5 Å². The van der Waals surface area contributed by atoms with Crippen LogP contribution in [0.2, 0.25) is 0 Å². The quantitative estimate of drug-likeness (QED) is 0.445. The molecule has 0 unspecified atom stereocenters. The molecule has 2 aromatic carbocycles. The molecule has 0 N–H and O–H groups in total. The van der Waals surface area contributed by atoms with E-state index in [1.807, 2.05) is 30.3 Å². The van der Waals surface area contributed by atoms with E-state index in [1.54, 1.807) is 37.4 Å². The highest BCUT2D eigenvalue weighted by atomic mass is 16.6. The van der Waals surface area contributed by atoms with Crippen LogP contribution in [0, 0.1) is 0 Å². The second-order valence-electron chi connectivity index (χ2n) is 5.96. The molecule has 28 heavy (non-hydrogen) atoms. The molecule has 4 aromatic rings. The molecule has 0 aliphatic carbocycles. The normalized spacial score (nSPS) is 10.8. The lowest BCUT2D eigenvalue weighted by Crippen LogP contribution is -2.14. The fourth-order valence-corrected chi connectivity index (χ4v) is 2.61. The lowest BCUT2D eigenvalue weighted by atomic mass is 10.2. The number of aromatic nitrogens is 1. The Morgan fingerprint density at radius 2 is 1.79 bits per heavy atom. The van der Waals surface area contributed by atoms with Gasteiger partial charge in [0.05, 0.1) is 7.11 Å². The maximum atomic E-state index is 11.9. The van der Waals surface area contributed by atoms with Crippen molar-refractivity contribution in [2.75, 3.05) is 13.7 Å². The van der Waals surface area contributed by atoms with Crippen LogP contribution < -0.4 is 9.47 Å². The van der Waals surface area contributed by atoms with Gasteiger partial charge in [0.2, 0.25) is 5.76 Å². The molecular formula is C21H17NO6. The number of carbonyl (C=O) groups excluding carboxylic acids is 1. The van der Waals surface area contributed by atoms with Crippen molar-refractivity contribution < 1.29 is 27.9 Å². The lowest BCUT2D eigenvalue weighted by Gasteiger charge is -2.06. The van der Waals surface area contributed by atoms with Crippen LogP contribution in [-0.2, 0) is 16.1 Å². The van der Waals surface area contributed by atoms with Gasteiger partial charge in [-0.3, -0.25) is 0 Å². The van der Waals surface area contributed by atoms with Crippen molar-refractivity contribution in [3.8, 4) is 23.0 Å². The van der Waals surface area contributed by atoms with Gasteiger partial charge < -0.3 is 23.2 Å². The zero-order valence-corrected chi connectivity index (χ0v) is 15.1. The summed E-state index contributed by atoms with van der Waals surface area (Å²) >= 11 is 0. The molecule has 0 aliphatic heterocycles. The van der Waals surface area contributed by atoms with Gasteiger partial charge in [-0.2, -0.15) is 0 Å². The molecule has 2 aromatic heterocycles. The maximum absolute atomic E-state index is 11.9. The molecule has 0 amide bonds. The molecule has 7 heteroatoms. The Morgan fingerprint density at radius 1 is 1.00 bits per heavy atom. The first kappa shape index (κ1) is 17.7. The van der Waals surface area contributed by atoms with Gasteiger partial charge in [0.1, 0.15) is 29.4 Å². The number of hydrogen-bond donors (Lipinski definition) is 0. The van der Waals surface area contributed by atoms with Crippen molar-refractivity contribution in [2.24, 2.45) is 0 Å². The SMILES string of the molecule is COc1ccc(OCC(=O)OCc2cc(-c3cc4ccccc4o3)on2)cc1. The summed E-state index contributed by atoms with van der Waals surface area (Å²) in [7, 11) is 1.58. The fourth-order valence-electron chi connectivity index (χ4n) is 2.61. The van der Waals surface area contributed by atoms with Crippen LogP contribution in [0.3, 0.4) is 0 Å². The number of benzene rings is 2. The van der Waals surface area contributed by atoms with E-state index in [9.17, 15) is 4.79 Å². The number of esters is 1. The molecule has 4 rings (SSSR count). The minimum absolute atomic E-state index is 0.0193. The Hall–Kier alpha value is -3.74. The van der Waals surface area contributed by atoms with Gasteiger partial charge in [-0.1, -0.05) is 23.4 Å². The largest absolute Gasteiger partial charge is 0.497 e. The van der Waals surface area contributed by atoms with Crippen LogP contribution >= 0.6 is 0 Å². The Bertz CT molecular complexity index is 1050. The van der Waals surface area contributed by atoms with Gasteiger partial charge in [-0.05, 0) is 36.4 Å². The zero-order valence-electron chi connectivity index (χ0n) is 15.1. The summed E-state index contributed by atoms with van der Waals surface area (Å²) in [6.45, 7) is -0.227. The molecule has 2 heterocycles. The maximum Gasteiger partial charge on any atom is 0.344 e. The summed E-state index contributed by atoms with van der Waals surface area (Å²) in [6, 6.07) is 18.1. The highest BCUT2D eigenvalue weighted by molar-refractivity contribution is 5.81. The van der Waals surface area contributed by atoms with E-state index in [1.165, 1.54) is 0 Å². The predicted molar refractivity (Wildman–Crippen MR) is 100.0 cm³/mol. The molecule has 0 bridgehead atoms. The van der Waals surface area contributed by atoms with E-state index >= 15 is 0 Å². The smallest absolute Gasteiger partial charge is 0.344 e. The van der Waals surface area contributed by atoms with Crippen molar-refractivity contribution in [2.45, 2.75) is 6.61 Å². The van der Waals surface area contributed by atoms with E-state index in [2.05, 4.69) is 5.16 Å². The summed E-state index contributed by atoms with van der Waals surface area (Å²) < 4.78 is 26.6. The third-order valence-electron chi connectivity index (χ3n) is 4.02. The first-order valence-corrected chi connectivity index (χ1v) is 8.58. The Balaban J connectivity index is 1.30. The summed E-state index contributed by atoms with van der Waals surface area (Å²) in [4.78, 5) is 11.9. The van der Waals surface area contributed by atoms with Crippen LogP contribution in [0.5, 0.6) is 11.5 Å². The number of furan rings is 1. The van der Waals surface area contributed by atoms with Crippen LogP contribution in [-0.4, -0.2) is 24.8 Å². The molecule has 0 aliphatic rings. The second kappa shape index (κ2) is 7.87. The zero-order chi connectivity index (χ0) is 19.3. The van der Waals surface area contributed by atoms with Crippen molar-refractivity contribution in [3.05, 3.63) is 66.4 Å². The fraction of sp³-hybridized carbons (Fsp3) is 0.143. The summed E-state index contributed by atoms with van der Waals surface area (Å²) in [5.74, 6) is 1.78. The first-order valence-electron chi connectivity index (χ1n) is 8.58. The number of carbonyl (C=O) groups is 1. The number of fused-ring (bicyclic) bond motifs is 1. The Labute approximate surface area is 160 Å². The summed E-state index contributed by atoms with van der Waals surface area (Å²) in [5.41, 5.74) is 1.24. The van der Waals surface area contributed by atoms with E-state index in [0.29, 0.717) is 28.7 Å². The highest BCUT2D eigenvalue weighted by Gasteiger charge is 2.13. The third-order valence-corrected chi connectivity index (χ3v) is 4.02. The number of nitrogens with zero attached hydrogens (tertiary/aromatic N) is 1. The van der Waals surface area contributed by atoms with Crippen LogP contribution in [0.25, 0.3) is 22.5 Å². The number of hydrogen-bond acceptors (Lipinski definition) is 7. The number of methoxy groups -OCH3 is 1. The minimum atomic E-state index is -0.510. The van der Waals surface area contributed by atoms with Gasteiger partial charge in [0.15, 0.2) is 12.4 Å². The molecule has 7 nitrogen and oxygen atoms in total. The molecule has 0 radical (unpaired) electrons. The van der Waals surface area contributed by atoms with E-state index in [0.717, 1.165) is 11.0 Å². The number of rotatable bonds is 7. The lowest BCUT2D eigenvalue weighted by molar-refractivity contribution is -0.147. The predicted octanol–water partition coefficient (Wildman–Crippen LogP) is 4.22. The number of para-hydroxylation sites is 1. The first-order chi connectivity index (χ1) is 13.7. The van der Waals surface area contributed by atoms with E-state index in [4.69, 9.17) is 23.2 Å². The van der Waals surface area contributed by atoms with Gasteiger partial charge >= 0.3 is 5.97 Å². The average molecular weight is 379 g/mol. The molecular weight excluding hydrogens is 362 g/mol. The van der Waals surface area contributed by atoms with Crippen LogP contribution in [0.4, 0.5) is 0 Å². The molecule has 0 fully saturated rings. The average Bonchev–Trinajstić information content (AvgIpc) is 3.37. The molecule has 0 atom stereocenters. The van der Waals surface area contributed by atoms with Gasteiger partial charge in [-0.15, -0.1) is 0 Å². The van der Waals surface area contributed by atoms with Crippen molar-refractivity contribution in [1.29, 1.82) is 0 Å². The topological polar surface area (TPSA) is 83.9 Å². The highest BCUT2D eigenvalue weighted by Crippen LogP contribution is 2.28. The summed E-state index contributed by atoms with van der Waals surface area (Å²) in [5, 5.41) is 4.88. The molecule has 142 valence electrons.